The Hall–Kier alpha value is -0.870. The Balaban J connectivity index is 1.72. The molecule has 1 aliphatic rings. The van der Waals surface area contributed by atoms with Gasteiger partial charge in [-0.1, -0.05) is 52.7 Å². The largest absolute Gasteiger partial charge is 0.463 e. The van der Waals surface area contributed by atoms with Crippen LogP contribution in [0.15, 0.2) is 30.3 Å². The number of rotatable bonds is 5. The number of piperidine rings is 1. The molecule has 1 atom stereocenters. The highest BCUT2D eigenvalue weighted by Gasteiger charge is 2.18. The number of carbonyl (C=O) groups excluding carboxylic acids is 1. The van der Waals surface area contributed by atoms with E-state index in [1.807, 2.05) is 30.3 Å². The number of halogens is 1. The molecule has 0 saturated carbocycles. The molecule has 1 heterocycles. The molecular weight excluding hydrogens is 306 g/mol. The van der Waals surface area contributed by atoms with Gasteiger partial charge < -0.3 is 4.74 Å². The quantitative estimate of drug-likeness (QED) is 0.615. The zero-order valence-electron chi connectivity index (χ0n) is 11.1. The van der Waals surface area contributed by atoms with E-state index in [2.05, 4.69) is 20.8 Å². The van der Waals surface area contributed by atoms with Gasteiger partial charge in [-0.25, -0.2) is 0 Å². The van der Waals surface area contributed by atoms with Crippen LogP contribution in [-0.4, -0.2) is 37.1 Å². The summed E-state index contributed by atoms with van der Waals surface area (Å²) in [6, 6.07) is 9.62. The molecule has 0 amide bonds. The van der Waals surface area contributed by atoms with Gasteiger partial charge >= 0.3 is 5.97 Å². The van der Waals surface area contributed by atoms with Crippen molar-refractivity contribution in [1.82, 2.24) is 4.90 Å². The predicted molar refractivity (Wildman–Crippen MR) is 79.4 cm³/mol. The van der Waals surface area contributed by atoms with E-state index in [0.717, 1.165) is 25.2 Å². The average Bonchev–Trinajstić information content (AvgIpc) is 2.48. The number of alkyl halides is 1. The molecule has 1 aromatic carbocycles. The number of nitrogens with zero attached hydrogens (tertiary/aromatic N) is 1. The highest BCUT2D eigenvalue weighted by atomic mass is 79.9. The summed E-state index contributed by atoms with van der Waals surface area (Å²) in [5.41, 5.74) is 0.936. The SMILES string of the molecule is O=C(OCCN1CCCCC1)C(Br)c1ccccc1. The standard InChI is InChI=1S/C15H20BrNO2/c16-14(13-7-3-1-4-8-13)15(18)19-12-11-17-9-5-2-6-10-17/h1,3-4,7-8,14H,2,5-6,9-12H2. The van der Waals surface area contributed by atoms with Crippen molar-refractivity contribution in [1.29, 1.82) is 0 Å². The van der Waals surface area contributed by atoms with Gasteiger partial charge in [-0.05, 0) is 31.5 Å². The Morgan fingerprint density at radius 2 is 1.89 bits per heavy atom. The van der Waals surface area contributed by atoms with E-state index in [0.29, 0.717) is 6.61 Å². The molecule has 0 spiro atoms. The zero-order valence-corrected chi connectivity index (χ0v) is 12.6. The minimum absolute atomic E-state index is 0.205. The van der Waals surface area contributed by atoms with Crippen LogP contribution in [0.4, 0.5) is 0 Å². The number of ether oxygens (including phenoxy) is 1. The van der Waals surface area contributed by atoms with Gasteiger partial charge in [0.1, 0.15) is 11.4 Å². The lowest BCUT2D eigenvalue weighted by molar-refractivity contribution is -0.143. The molecule has 1 aliphatic heterocycles. The van der Waals surface area contributed by atoms with E-state index >= 15 is 0 Å². The lowest BCUT2D eigenvalue weighted by Gasteiger charge is -2.26. The fourth-order valence-electron chi connectivity index (χ4n) is 2.29. The molecule has 4 heteroatoms. The predicted octanol–water partition coefficient (Wildman–Crippen LogP) is 3.15. The van der Waals surface area contributed by atoms with Crippen molar-refractivity contribution in [3.05, 3.63) is 35.9 Å². The molecule has 0 N–H and O–H groups in total. The van der Waals surface area contributed by atoms with Crippen LogP contribution in [0.2, 0.25) is 0 Å². The molecule has 2 rings (SSSR count). The Morgan fingerprint density at radius 1 is 1.21 bits per heavy atom. The Morgan fingerprint density at radius 3 is 2.58 bits per heavy atom. The smallest absolute Gasteiger partial charge is 0.324 e. The highest BCUT2D eigenvalue weighted by molar-refractivity contribution is 9.09. The number of benzene rings is 1. The maximum atomic E-state index is 11.9. The van der Waals surface area contributed by atoms with Gasteiger partial charge in [0.2, 0.25) is 0 Å². The highest BCUT2D eigenvalue weighted by Crippen LogP contribution is 2.23. The van der Waals surface area contributed by atoms with Crippen molar-refractivity contribution in [3.63, 3.8) is 0 Å². The third-order valence-corrected chi connectivity index (χ3v) is 4.30. The molecule has 0 aliphatic carbocycles. The van der Waals surface area contributed by atoms with Crippen LogP contribution in [0, 0.1) is 0 Å². The van der Waals surface area contributed by atoms with Gasteiger partial charge in [-0.15, -0.1) is 0 Å². The molecule has 3 nitrogen and oxygen atoms in total. The maximum Gasteiger partial charge on any atom is 0.324 e. The first-order valence-electron chi connectivity index (χ1n) is 6.85. The van der Waals surface area contributed by atoms with Crippen LogP contribution in [0.3, 0.4) is 0 Å². The van der Waals surface area contributed by atoms with E-state index in [1.54, 1.807) is 0 Å². The van der Waals surface area contributed by atoms with Crippen molar-refractivity contribution in [3.8, 4) is 0 Å². The van der Waals surface area contributed by atoms with Crippen LogP contribution < -0.4 is 0 Å². The third kappa shape index (κ3) is 4.62. The summed E-state index contributed by atoms with van der Waals surface area (Å²) in [5, 5.41) is 0. The molecule has 1 fully saturated rings. The molecule has 104 valence electrons. The third-order valence-electron chi connectivity index (χ3n) is 3.40. The summed E-state index contributed by atoms with van der Waals surface area (Å²) in [4.78, 5) is 13.9. The first-order chi connectivity index (χ1) is 9.27. The van der Waals surface area contributed by atoms with Gasteiger partial charge in [-0.3, -0.25) is 9.69 Å². The van der Waals surface area contributed by atoms with Crippen LogP contribution in [0.25, 0.3) is 0 Å². The molecule has 0 bridgehead atoms. The van der Waals surface area contributed by atoms with Gasteiger partial charge in [0.25, 0.3) is 0 Å². The van der Waals surface area contributed by atoms with E-state index in [1.165, 1.54) is 19.3 Å². The molecular formula is C15H20BrNO2. The summed E-state index contributed by atoms with van der Waals surface area (Å²) in [6.45, 7) is 3.59. The topological polar surface area (TPSA) is 29.5 Å². The second-order valence-electron chi connectivity index (χ2n) is 4.84. The average molecular weight is 326 g/mol. The van der Waals surface area contributed by atoms with Crippen molar-refractivity contribution in [2.75, 3.05) is 26.2 Å². The number of esters is 1. The van der Waals surface area contributed by atoms with Crippen molar-refractivity contribution in [2.24, 2.45) is 0 Å². The molecule has 1 aromatic rings. The number of likely N-dealkylation sites (tertiary alicyclic amines) is 1. The van der Waals surface area contributed by atoms with Gasteiger partial charge in [0.15, 0.2) is 0 Å². The molecule has 0 aromatic heterocycles. The van der Waals surface area contributed by atoms with Gasteiger partial charge in [-0.2, -0.15) is 0 Å². The number of carbonyl (C=O) groups is 1. The van der Waals surface area contributed by atoms with E-state index in [9.17, 15) is 4.79 Å². The van der Waals surface area contributed by atoms with Gasteiger partial charge in [0, 0.05) is 6.54 Å². The first kappa shape index (κ1) is 14.5. The van der Waals surface area contributed by atoms with Crippen LogP contribution in [-0.2, 0) is 9.53 Å². The normalized spacial score (nSPS) is 17.9. The fraction of sp³-hybridized carbons (Fsp3) is 0.533. The molecule has 1 unspecified atom stereocenters. The minimum atomic E-state index is -0.366. The summed E-state index contributed by atoms with van der Waals surface area (Å²) in [7, 11) is 0. The van der Waals surface area contributed by atoms with Crippen molar-refractivity contribution >= 4 is 21.9 Å². The van der Waals surface area contributed by atoms with Crippen molar-refractivity contribution in [2.45, 2.75) is 24.1 Å². The molecule has 0 radical (unpaired) electrons. The van der Waals surface area contributed by atoms with Crippen LogP contribution in [0.5, 0.6) is 0 Å². The van der Waals surface area contributed by atoms with E-state index < -0.39 is 0 Å². The first-order valence-corrected chi connectivity index (χ1v) is 7.77. The van der Waals surface area contributed by atoms with Gasteiger partial charge in [0.05, 0.1) is 0 Å². The van der Waals surface area contributed by atoms with Crippen LogP contribution in [0.1, 0.15) is 29.7 Å². The Kier molecular flexibility index (Phi) is 5.86. The van der Waals surface area contributed by atoms with Crippen LogP contribution >= 0.6 is 15.9 Å². The number of hydrogen-bond donors (Lipinski definition) is 0. The summed E-state index contributed by atoms with van der Waals surface area (Å²) < 4.78 is 5.33. The lowest BCUT2D eigenvalue weighted by atomic mass is 10.1. The van der Waals surface area contributed by atoms with Crippen molar-refractivity contribution < 1.29 is 9.53 Å². The van der Waals surface area contributed by atoms with E-state index in [-0.39, 0.29) is 10.8 Å². The number of hydrogen-bond acceptors (Lipinski definition) is 3. The molecule has 1 saturated heterocycles. The second kappa shape index (κ2) is 7.65. The Bertz CT molecular complexity index is 390. The monoisotopic (exact) mass is 325 g/mol. The summed E-state index contributed by atoms with van der Waals surface area (Å²) in [6.07, 6.45) is 3.85. The Labute approximate surface area is 123 Å². The lowest BCUT2D eigenvalue weighted by Crippen LogP contribution is -2.33. The zero-order chi connectivity index (χ0) is 13.5. The maximum absolute atomic E-state index is 11.9. The van der Waals surface area contributed by atoms with E-state index in [4.69, 9.17) is 4.74 Å². The molecule has 19 heavy (non-hydrogen) atoms. The summed E-state index contributed by atoms with van der Waals surface area (Å²) in [5.74, 6) is -0.205. The minimum Gasteiger partial charge on any atom is -0.463 e. The fourth-order valence-corrected chi connectivity index (χ4v) is 2.73. The second-order valence-corrected chi connectivity index (χ2v) is 5.76. The summed E-state index contributed by atoms with van der Waals surface area (Å²) >= 11 is 3.39.